The molecule has 0 fully saturated rings. The van der Waals surface area contributed by atoms with Crippen LogP contribution >= 0.6 is 0 Å². The molecule has 2 N–H and O–H groups in total. The molecule has 0 spiro atoms. The first kappa shape index (κ1) is 19.7. The molecule has 2 amide bonds. The van der Waals surface area contributed by atoms with Crippen molar-refractivity contribution in [3.05, 3.63) is 29.3 Å². The van der Waals surface area contributed by atoms with Gasteiger partial charge in [0.1, 0.15) is 5.54 Å². The molecule has 6 nitrogen and oxygen atoms in total. The van der Waals surface area contributed by atoms with Crippen molar-refractivity contribution in [1.82, 2.24) is 4.90 Å². The molecule has 132 valence electrons. The Morgan fingerprint density at radius 2 is 1.83 bits per heavy atom. The molecule has 0 unspecified atom stereocenters. The van der Waals surface area contributed by atoms with Gasteiger partial charge in [-0.05, 0) is 50.5 Å². The van der Waals surface area contributed by atoms with Gasteiger partial charge in [-0.1, -0.05) is 13.8 Å². The predicted molar refractivity (Wildman–Crippen MR) is 93.1 cm³/mol. The fourth-order valence-corrected chi connectivity index (χ4v) is 2.10. The summed E-state index contributed by atoms with van der Waals surface area (Å²) in [4.78, 5) is 36.8. The fraction of sp³-hybridized carbons (Fsp3) is 0.500. The molecule has 1 rings (SSSR count). The number of carbonyl (C=O) groups is 3. The average Bonchev–Trinajstić information content (AvgIpc) is 2.46. The largest absolute Gasteiger partial charge is 0.480 e. The van der Waals surface area contributed by atoms with E-state index in [0.29, 0.717) is 17.7 Å². The van der Waals surface area contributed by atoms with Crippen LogP contribution in [0.1, 0.15) is 50.0 Å². The number of nitrogens with one attached hydrogen (secondary N) is 1. The summed E-state index contributed by atoms with van der Waals surface area (Å²) in [6.45, 7) is 8.67. The smallest absolute Gasteiger partial charge is 0.329 e. The van der Waals surface area contributed by atoms with Gasteiger partial charge in [-0.3, -0.25) is 9.59 Å². The zero-order chi connectivity index (χ0) is 18.7. The number of aliphatic carboxylic acids is 1. The molecule has 0 aromatic heterocycles. The second-order valence-electron chi connectivity index (χ2n) is 6.90. The highest BCUT2D eigenvalue weighted by Gasteiger charge is 2.35. The topological polar surface area (TPSA) is 86.7 Å². The number of benzene rings is 1. The second-order valence-corrected chi connectivity index (χ2v) is 6.90. The molecule has 24 heavy (non-hydrogen) atoms. The van der Waals surface area contributed by atoms with Crippen molar-refractivity contribution in [2.45, 2.75) is 46.6 Å². The van der Waals surface area contributed by atoms with E-state index in [1.54, 1.807) is 25.1 Å². The van der Waals surface area contributed by atoms with Gasteiger partial charge in [0, 0.05) is 24.7 Å². The van der Waals surface area contributed by atoms with Gasteiger partial charge in [0.2, 0.25) is 5.91 Å². The lowest BCUT2D eigenvalue weighted by molar-refractivity contribution is -0.147. The Morgan fingerprint density at radius 1 is 1.25 bits per heavy atom. The van der Waals surface area contributed by atoms with E-state index in [-0.39, 0.29) is 17.7 Å². The number of anilines is 1. The molecular weight excluding hydrogens is 308 g/mol. The van der Waals surface area contributed by atoms with Gasteiger partial charge in [0.15, 0.2) is 0 Å². The maximum Gasteiger partial charge on any atom is 0.329 e. The molecule has 0 radical (unpaired) electrons. The predicted octanol–water partition coefficient (Wildman–Crippen LogP) is 2.91. The van der Waals surface area contributed by atoms with Crippen molar-refractivity contribution in [2.75, 3.05) is 12.4 Å². The summed E-state index contributed by atoms with van der Waals surface area (Å²) in [5, 5.41) is 12.1. The third kappa shape index (κ3) is 4.57. The van der Waals surface area contributed by atoms with E-state index in [2.05, 4.69) is 5.32 Å². The maximum atomic E-state index is 12.5. The second kappa shape index (κ2) is 7.47. The number of carboxylic acids is 1. The molecule has 0 heterocycles. The number of nitrogens with zero attached hydrogens (tertiary/aromatic N) is 1. The Labute approximate surface area is 142 Å². The summed E-state index contributed by atoms with van der Waals surface area (Å²) in [6, 6.07) is 4.92. The molecule has 0 aliphatic heterocycles. The molecule has 6 heteroatoms. The molecule has 0 saturated heterocycles. The molecule has 0 aliphatic carbocycles. The highest BCUT2D eigenvalue weighted by atomic mass is 16.4. The van der Waals surface area contributed by atoms with Gasteiger partial charge in [-0.2, -0.15) is 0 Å². The Hall–Kier alpha value is -2.37. The lowest BCUT2D eigenvalue weighted by Gasteiger charge is -2.31. The van der Waals surface area contributed by atoms with Gasteiger partial charge < -0.3 is 15.3 Å². The van der Waals surface area contributed by atoms with E-state index in [0.717, 1.165) is 5.56 Å². The van der Waals surface area contributed by atoms with E-state index in [4.69, 9.17) is 0 Å². The molecule has 0 saturated carbocycles. The van der Waals surface area contributed by atoms with Crippen LogP contribution in [0.25, 0.3) is 0 Å². The minimum atomic E-state index is -1.31. The van der Waals surface area contributed by atoms with E-state index in [1.807, 2.05) is 13.8 Å². The standard InChI is InChI=1S/C18H26N2O4/c1-11(2)9-15(21)19-14-8-7-13(10-12(14)3)16(22)20(6)18(4,5)17(23)24/h7-8,10-11H,9H2,1-6H3,(H,19,21)(H,23,24). The van der Waals surface area contributed by atoms with E-state index in [9.17, 15) is 19.5 Å². The van der Waals surface area contributed by atoms with Crippen molar-refractivity contribution < 1.29 is 19.5 Å². The zero-order valence-corrected chi connectivity index (χ0v) is 15.1. The third-order valence-corrected chi connectivity index (χ3v) is 4.01. The molecule has 0 atom stereocenters. The van der Waals surface area contributed by atoms with Crippen molar-refractivity contribution in [3.8, 4) is 0 Å². The highest BCUT2D eigenvalue weighted by Crippen LogP contribution is 2.21. The Bertz CT molecular complexity index is 650. The number of amides is 2. The lowest BCUT2D eigenvalue weighted by atomic mass is 10.0. The zero-order valence-electron chi connectivity index (χ0n) is 15.1. The summed E-state index contributed by atoms with van der Waals surface area (Å²) >= 11 is 0. The number of likely N-dealkylation sites (N-methyl/N-ethyl adjacent to an activating group) is 1. The number of hydrogen-bond acceptors (Lipinski definition) is 3. The van der Waals surface area contributed by atoms with Crippen molar-refractivity contribution in [3.63, 3.8) is 0 Å². The van der Waals surface area contributed by atoms with Gasteiger partial charge in [-0.15, -0.1) is 0 Å². The molecular formula is C18H26N2O4. The quantitative estimate of drug-likeness (QED) is 0.837. The maximum absolute atomic E-state index is 12.5. The van der Waals surface area contributed by atoms with Crippen LogP contribution < -0.4 is 5.32 Å². The van der Waals surface area contributed by atoms with Crippen LogP contribution in [0, 0.1) is 12.8 Å². The van der Waals surface area contributed by atoms with Crippen LogP contribution in [-0.2, 0) is 9.59 Å². The number of hydrogen-bond donors (Lipinski definition) is 2. The summed E-state index contributed by atoms with van der Waals surface area (Å²) in [5.74, 6) is -1.27. The Morgan fingerprint density at radius 3 is 2.29 bits per heavy atom. The normalized spacial score (nSPS) is 11.3. The van der Waals surface area contributed by atoms with E-state index >= 15 is 0 Å². The van der Waals surface area contributed by atoms with Gasteiger partial charge in [0.25, 0.3) is 5.91 Å². The molecule has 0 aliphatic rings. The van der Waals surface area contributed by atoms with Crippen molar-refractivity contribution >= 4 is 23.5 Å². The lowest BCUT2D eigenvalue weighted by Crippen LogP contribution is -2.50. The van der Waals surface area contributed by atoms with Gasteiger partial charge in [0.05, 0.1) is 0 Å². The Kier molecular flexibility index (Phi) is 6.12. The van der Waals surface area contributed by atoms with Crippen LogP contribution in [0.4, 0.5) is 5.69 Å². The summed E-state index contributed by atoms with van der Waals surface area (Å²) in [6.07, 6.45) is 0.426. The number of carboxylic acid groups (broad SMARTS) is 1. The van der Waals surface area contributed by atoms with Crippen LogP contribution in [0.2, 0.25) is 0 Å². The fourth-order valence-electron chi connectivity index (χ4n) is 2.10. The molecule has 1 aromatic rings. The van der Waals surface area contributed by atoms with Crippen LogP contribution in [0.5, 0.6) is 0 Å². The average molecular weight is 334 g/mol. The van der Waals surface area contributed by atoms with Crippen LogP contribution in [0.3, 0.4) is 0 Å². The minimum Gasteiger partial charge on any atom is -0.480 e. The molecule has 1 aromatic carbocycles. The van der Waals surface area contributed by atoms with Gasteiger partial charge >= 0.3 is 5.97 Å². The van der Waals surface area contributed by atoms with E-state index < -0.39 is 11.5 Å². The Balaban J connectivity index is 2.97. The van der Waals surface area contributed by atoms with Crippen LogP contribution in [0.15, 0.2) is 18.2 Å². The summed E-state index contributed by atoms with van der Waals surface area (Å²) < 4.78 is 0. The van der Waals surface area contributed by atoms with Gasteiger partial charge in [-0.25, -0.2) is 4.79 Å². The van der Waals surface area contributed by atoms with Crippen molar-refractivity contribution in [1.29, 1.82) is 0 Å². The number of rotatable bonds is 6. The number of carbonyl (C=O) groups excluding carboxylic acids is 2. The number of aryl methyl sites for hydroxylation is 1. The minimum absolute atomic E-state index is 0.0729. The summed E-state index contributed by atoms with van der Waals surface area (Å²) in [5.41, 5.74) is 0.470. The summed E-state index contributed by atoms with van der Waals surface area (Å²) in [7, 11) is 1.46. The van der Waals surface area contributed by atoms with E-state index in [1.165, 1.54) is 25.8 Å². The highest BCUT2D eigenvalue weighted by molar-refractivity contribution is 5.99. The SMILES string of the molecule is Cc1cc(C(=O)N(C)C(C)(C)C(=O)O)ccc1NC(=O)CC(C)C. The third-order valence-electron chi connectivity index (χ3n) is 4.01. The molecule has 0 bridgehead atoms. The monoisotopic (exact) mass is 334 g/mol. The first-order valence-corrected chi connectivity index (χ1v) is 7.88. The first-order chi connectivity index (χ1) is 11.0. The first-order valence-electron chi connectivity index (χ1n) is 7.88. The van der Waals surface area contributed by atoms with Crippen molar-refractivity contribution in [2.24, 2.45) is 5.92 Å². The van der Waals surface area contributed by atoms with Crippen LogP contribution in [-0.4, -0.2) is 40.4 Å².